The number of urea groups is 1. The molecule has 128 valence electrons. The van der Waals surface area contributed by atoms with Crippen molar-refractivity contribution < 1.29 is 28.2 Å². The number of likely N-dealkylation sites (N-methyl/N-ethyl adjacent to an activating group) is 1. The van der Waals surface area contributed by atoms with Crippen LogP contribution in [-0.4, -0.2) is 54.1 Å². The summed E-state index contributed by atoms with van der Waals surface area (Å²) in [6.45, 7) is 4.71. The molecular formula is C15H19F3N2O3. The number of hydrogen-bond donors (Lipinski definition) is 0. The van der Waals surface area contributed by atoms with Gasteiger partial charge in [-0.25, -0.2) is 4.79 Å². The van der Waals surface area contributed by atoms with Gasteiger partial charge in [0.1, 0.15) is 11.9 Å². The maximum Gasteiger partial charge on any atom is 0.416 e. The quantitative estimate of drug-likeness (QED) is 0.793. The Balaban J connectivity index is 0.00000264. The molecule has 0 radical (unpaired) electrons. The summed E-state index contributed by atoms with van der Waals surface area (Å²) in [5.74, 6) is 0.159. The Labute approximate surface area is 132 Å². The van der Waals surface area contributed by atoms with Crippen LogP contribution in [0.2, 0.25) is 0 Å². The summed E-state index contributed by atoms with van der Waals surface area (Å²) >= 11 is 0. The lowest BCUT2D eigenvalue weighted by molar-refractivity contribution is -0.137. The van der Waals surface area contributed by atoms with Gasteiger partial charge in [0, 0.05) is 13.6 Å². The van der Waals surface area contributed by atoms with E-state index in [0.29, 0.717) is 19.6 Å². The molecule has 0 atom stereocenters. The fraction of sp³-hybridized carbons (Fsp3) is 0.400. The molecule has 0 bridgehead atoms. The number of amides is 2. The maximum absolute atomic E-state index is 12.6. The summed E-state index contributed by atoms with van der Waals surface area (Å²) in [4.78, 5) is 15.0. The van der Waals surface area contributed by atoms with Crippen LogP contribution >= 0.6 is 0 Å². The first-order valence-corrected chi connectivity index (χ1v) is 6.76. The van der Waals surface area contributed by atoms with Crippen LogP contribution in [-0.2, 0) is 6.18 Å². The van der Waals surface area contributed by atoms with Gasteiger partial charge in [0.25, 0.3) is 0 Å². The molecular weight excluding hydrogens is 313 g/mol. The first kappa shape index (κ1) is 18.8. The lowest BCUT2D eigenvalue weighted by Gasteiger charge is -2.40. The van der Waals surface area contributed by atoms with Crippen molar-refractivity contribution in [3.05, 3.63) is 42.5 Å². The van der Waals surface area contributed by atoms with E-state index in [0.717, 1.165) is 12.1 Å². The van der Waals surface area contributed by atoms with E-state index in [9.17, 15) is 18.0 Å². The third-order valence-corrected chi connectivity index (χ3v) is 3.31. The van der Waals surface area contributed by atoms with E-state index in [1.807, 2.05) is 0 Å². The molecule has 2 rings (SSSR count). The van der Waals surface area contributed by atoms with Gasteiger partial charge in [-0.05, 0) is 18.2 Å². The summed E-state index contributed by atoms with van der Waals surface area (Å²) in [6, 6.07) is 4.59. The number of rotatable bonds is 4. The molecule has 5 nitrogen and oxygen atoms in total. The predicted octanol–water partition coefficient (Wildman–Crippen LogP) is 2.18. The summed E-state index contributed by atoms with van der Waals surface area (Å²) in [5, 5.41) is 0. The van der Waals surface area contributed by atoms with E-state index in [4.69, 9.17) is 4.74 Å². The highest BCUT2D eigenvalue weighted by Crippen LogP contribution is 2.32. The highest BCUT2D eigenvalue weighted by Gasteiger charge is 2.34. The minimum absolute atomic E-state index is 0. The normalized spacial score (nSPS) is 14.5. The van der Waals surface area contributed by atoms with Crippen molar-refractivity contribution in [3.63, 3.8) is 0 Å². The Hall–Kier alpha value is -2.22. The van der Waals surface area contributed by atoms with Gasteiger partial charge < -0.3 is 20.0 Å². The highest BCUT2D eigenvalue weighted by molar-refractivity contribution is 5.75. The largest absolute Gasteiger partial charge is 0.487 e. The molecule has 23 heavy (non-hydrogen) atoms. The van der Waals surface area contributed by atoms with Crippen molar-refractivity contribution in [1.82, 2.24) is 9.80 Å². The molecule has 1 saturated heterocycles. The zero-order valence-electron chi connectivity index (χ0n) is 12.6. The second kappa shape index (κ2) is 7.36. The molecule has 1 fully saturated rings. The van der Waals surface area contributed by atoms with Crippen LogP contribution in [0, 0.1) is 0 Å². The van der Waals surface area contributed by atoms with Crippen LogP contribution in [0.3, 0.4) is 0 Å². The average molecular weight is 332 g/mol. The SMILES string of the molecule is C=CCN(C)C(=O)N1CC(Oc2cccc(C(F)(F)F)c2)C1.O. The van der Waals surface area contributed by atoms with Crippen LogP contribution in [0.1, 0.15) is 5.56 Å². The molecule has 0 unspecified atom stereocenters. The van der Waals surface area contributed by atoms with Crippen LogP contribution in [0.25, 0.3) is 0 Å². The summed E-state index contributed by atoms with van der Waals surface area (Å²) < 4.78 is 43.3. The molecule has 1 aliphatic rings. The van der Waals surface area contributed by atoms with E-state index in [2.05, 4.69) is 6.58 Å². The van der Waals surface area contributed by atoms with Gasteiger partial charge in [-0.1, -0.05) is 12.1 Å². The molecule has 8 heteroatoms. The van der Waals surface area contributed by atoms with Gasteiger partial charge in [-0.15, -0.1) is 6.58 Å². The fourth-order valence-electron chi connectivity index (χ4n) is 2.12. The molecule has 0 aliphatic carbocycles. The number of hydrogen-bond acceptors (Lipinski definition) is 2. The topological polar surface area (TPSA) is 64.3 Å². The lowest BCUT2D eigenvalue weighted by Crippen LogP contribution is -2.59. The van der Waals surface area contributed by atoms with Crippen molar-refractivity contribution >= 4 is 6.03 Å². The molecule has 2 amide bonds. The zero-order chi connectivity index (χ0) is 16.3. The van der Waals surface area contributed by atoms with Crippen molar-refractivity contribution in [3.8, 4) is 5.75 Å². The van der Waals surface area contributed by atoms with Gasteiger partial charge >= 0.3 is 12.2 Å². The summed E-state index contributed by atoms with van der Waals surface area (Å²) in [6.07, 6.45) is -3.06. The van der Waals surface area contributed by atoms with Crippen LogP contribution in [0.15, 0.2) is 36.9 Å². The van der Waals surface area contributed by atoms with E-state index in [1.54, 1.807) is 18.0 Å². The van der Waals surface area contributed by atoms with E-state index in [-0.39, 0.29) is 23.4 Å². The maximum atomic E-state index is 12.6. The minimum atomic E-state index is -4.39. The van der Waals surface area contributed by atoms with Gasteiger partial charge in [0.05, 0.1) is 18.7 Å². The summed E-state index contributed by atoms with van der Waals surface area (Å²) in [7, 11) is 1.66. The van der Waals surface area contributed by atoms with Crippen molar-refractivity contribution in [2.24, 2.45) is 0 Å². The lowest BCUT2D eigenvalue weighted by atomic mass is 10.1. The number of likely N-dealkylation sites (tertiary alicyclic amines) is 1. The number of carbonyl (C=O) groups is 1. The monoisotopic (exact) mass is 332 g/mol. The Kier molecular flexibility index (Phi) is 6.03. The van der Waals surface area contributed by atoms with Crippen LogP contribution < -0.4 is 4.74 Å². The molecule has 0 aromatic heterocycles. The van der Waals surface area contributed by atoms with Crippen molar-refractivity contribution in [2.45, 2.75) is 12.3 Å². The first-order valence-electron chi connectivity index (χ1n) is 6.76. The van der Waals surface area contributed by atoms with E-state index >= 15 is 0 Å². The second-order valence-corrected chi connectivity index (χ2v) is 5.12. The Morgan fingerprint density at radius 1 is 1.48 bits per heavy atom. The Morgan fingerprint density at radius 3 is 2.70 bits per heavy atom. The smallest absolute Gasteiger partial charge is 0.416 e. The first-order chi connectivity index (χ1) is 10.3. The summed E-state index contributed by atoms with van der Waals surface area (Å²) in [5.41, 5.74) is -0.747. The third-order valence-electron chi connectivity index (χ3n) is 3.31. The van der Waals surface area contributed by atoms with Gasteiger partial charge in [-0.2, -0.15) is 13.2 Å². The Morgan fingerprint density at radius 2 is 2.13 bits per heavy atom. The number of benzene rings is 1. The molecule has 2 N–H and O–H groups in total. The minimum Gasteiger partial charge on any atom is -0.487 e. The number of halogens is 3. The fourth-order valence-corrected chi connectivity index (χ4v) is 2.12. The van der Waals surface area contributed by atoms with Gasteiger partial charge in [0.2, 0.25) is 0 Å². The third kappa shape index (κ3) is 4.62. The number of ether oxygens (including phenoxy) is 1. The van der Waals surface area contributed by atoms with Crippen molar-refractivity contribution in [1.29, 1.82) is 0 Å². The molecule has 0 spiro atoms. The number of carbonyl (C=O) groups excluding carboxylic acids is 1. The molecule has 1 aromatic rings. The molecule has 1 heterocycles. The van der Waals surface area contributed by atoms with Crippen molar-refractivity contribution in [2.75, 3.05) is 26.7 Å². The number of nitrogens with zero attached hydrogens (tertiary/aromatic N) is 2. The van der Waals surface area contributed by atoms with Gasteiger partial charge in [-0.3, -0.25) is 0 Å². The van der Waals surface area contributed by atoms with Crippen LogP contribution in [0.5, 0.6) is 5.75 Å². The Bertz CT molecular complexity index is 557. The number of alkyl halides is 3. The van der Waals surface area contributed by atoms with Crippen LogP contribution in [0.4, 0.5) is 18.0 Å². The highest BCUT2D eigenvalue weighted by atomic mass is 19.4. The second-order valence-electron chi connectivity index (χ2n) is 5.12. The predicted molar refractivity (Wildman–Crippen MR) is 79.3 cm³/mol. The molecule has 0 saturated carbocycles. The van der Waals surface area contributed by atoms with Gasteiger partial charge in [0.15, 0.2) is 0 Å². The average Bonchev–Trinajstić information content (AvgIpc) is 2.41. The molecule has 1 aromatic carbocycles. The van der Waals surface area contributed by atoms with E-state index in [1.165, 1.54) is 17.0 Å². The standard InChI is InChI=1S/C15H17F3N2O2.H2O/c1-3-7-19(2)14(21)20-9-13(10-20)22-12-6-4-5-11(8-12)15(16,17)18;/h3-6,8,13H,1,7,9-10H2,2H3;1H2. The molecule has 1 aliphatic heterocycles. The zero-order valence-corrected chi connectivity index (χ0v) is 12.6. The van der Waals surface area contributed by atoms with E-state index < -0.39 is 11.7 Å².